The third-order valence-corrected chi connectivity index (χ3v) is 6.26. The van der Waals surface area contributed by atoms with Gasteiger partial charge in [-0.1, -0.05) is 36.3 Å². The molecule has 1 aromatic heterocycles. The highest BCUT2D eigenvalue weighted by Gasteiger charge is 2.30. The number of nitrogens with zero attached hydrogens (tertiary/aromatic N) is 2. The molecule has 2 aromatic carbocycles. The molecule has 0 spiro atoms. The molecule has 4 rings (SSSR count). The van der Waals surface area contributed by atoms with E-state index in [0.29, 0.717) is 12.1 Å². The zero-order chi connectivity index (χ0) is 21.8. The maximum Gasteiger partial charge on any atom is 0.257 e. The number of aryl methyl sites for hydroxylation is 1. The van der Waals surface area contributed by atoms with E-state index in [-0.39, 0.29) is 17.7 Å². The Hall–Kier alpha value is -3.23. The van der Waals surface area contributed by atoms with Crippen LogP contribution >= 0.6 is 0 Å². The summed E-state index contributed by atoms with van der Waals surface area (Å²) in [5, 5.41) is 10.7. The number of aromatic nitrogens is 1. The number of carbonyl (C=O) groups is 1. The van der Waals surface area contributed by atoms with Gasteiger partial charge >= 0.3 is 0 Å². The summed E-state index contributed by atoms with van der Waals surface area (Å²) < 4.78 is 0. The Labute approximate surface area is 183 Å². The summed E-state index contributed by atoms with van der Waals surface area (Å²) in [6.07, 6.45) is 8.50. The predicted octanol–water partition coefficient (Wildman–Crippen LogP) is 3.96. The molecule has 2 N–H and O–H groups in total. The van der Waals surface area contributed by atoms with Gasteiger partial charge in [-0.05, 0) is 49.9 Å². The first kappa shape index (κ1) is 21.0. The van der Waals surface area contributed by atoms with Crippen molar-refractivity contribution in [2.24, 2.45) is 0 Å². The van der Waals surface area contributed by atoms with Crippen LogP contribution in [0.1, 0.15) is 34.5 Å². The van der Waals surface area contributed by atoms with Gasteiger partial charge in [-0.15, -0.1) is 6.42 Å². The molecule has 1 amide bonds. The van der Waals surface area contributed by atoms with Crippen LogP contribution in [0.4, 0.5) is 0 Å². The Morgan fingerprint density at radius 2 is 1.97 bits per heavy atom. The number of benzene rings is 2. The van der Waals surface area contributed by atoms with Gasteiger partial charge in [0.25, 0.3) is 5.91 Å². The van der Waals surface area contributed by atoms with Crippen LogP contribution in [0, 0.1) is 19.3 Å². The Bertz CT molecular complexity index is 1090. The molecule has 0 bridgehead atoms. The number of phenolic OH excluding ortho intramolecular Hbond substituents is 1. The Balaban J connectivity index is 1.45. The molecule has 3 aromatic rings. The average molecular weight is 416 g/mol. The quantitative estimate of drug-likeness (QED) is 0.599. The molecule has 160 valence electrons. The number of rotatable bonds is 6. The third-order valence-electron chi connectivity index (χ3n) is 6.26. The maximum absolute atomic E-state index is 13.5. The monoisotopic (exact) mass is 415 g/mol. The molecule has 1 aliphatic heterocycles. The molecule has 5 heteroatoms. The molecule has 5 nitrogen and oxygen atoms in total. The number of likely N-dealkylation sites (tertiary alicyclic amines) is 1. The fourth-order valence-electron chi connectivity index (χ4n) is 4.59. The molecular formula is C26H29N3O2. The summed E-state index contributed by atoms with van der Waals surface area (Å²) in [6, 6.07) is 15.7. The standard InChI is InChI=1S/C26H29N3O2/c1-3-14-29(26(31)25-19(2)27-24-10-9-22(30)18-23(24)25)21-12-16-28(17-13-21)15-11-20-7-5-4-6-8-20/h1,4-10,18,21,27,30H,11-17H2,2H3. The summed E-state index contributed by atoms with van der Waals surface area (Å²) in [7, 11) is 0. The van der Waals surface area contributed by atoms with Crippen LogP contribution < -0.4 is 0 Å². The third kappa shape index (κ3) is 4.60. The van der Waals surface area contributed by atoms with E-state index in [1.807, 2.05) is 17.9 Å². The second kappa shape index (κ2) is 9.28. The molecule has 0 aliphatic carbocycles. The maximum atomic E-state index is 13.5. The normalized spacial score (nSPS) is 15.1. The van der Waals surface area contributed by atoms with E-state index >= 15 is 0 Å². The predicted molar refractivity (Wildman–Crippen MR) is 124 cm³/mol. The van der Waals surface area contributed by atoms with Gasteiger partial charge in [0.05, 0.1) is 12.1 Å². The van der Waals surface area contributed by atoms with Gasteiger partial charge in [0, 0.05) is 42.3 Å². The molecule has 0 saturated carbocycles. The second-order valence-electron chi connectivity index (χ2n) is 8.30. The van der Waals surface area contributed by atoms with Crippen LogP contribution in [0.25, 0.3) is 10.9 Å². The van der Waals surface area contributed by atoms with Gasteiger partial charge in [0.15, 0.2) is 0 Å². The van der Waals surface area contributed by atoms with Crippen LogP contribution in [0.15, 0.2) is 48.5 Å². The van der Waals surface area contributed by atoms with E-state index in [2.05, 4.69) is 40.1 Å². The van der Waals surface area contributed by atoms with Gasteiger partial charge < -0.3 is 19.9 Å². The first-order valence-corrected chi connectivity index (χ1v) is 10.9. The molecule has 0 radical (unpaired) electrons. The van der Waals surface area contributed by atoms with E-state index in [4.69, 9.17) is 6.42 Å². The summed E-state index contributed by atoms with van der Waals surface area (Å²) in [4.78, 5) is 21.1. The lowest BCUT2D eigenvalue weighted by Gasteiger charge is -2.38. The van der Waals surface area contributed by atoms with Crippen molar-refractivity contribution in [3.8, 4) is 18.1 Å². The number of amides is 1. The van der Waals surface area contributed by atoms with Crippen LogP contribution in [-0.4, -0.2) is 58.0 Å². The highest BCUT2D eigenvalue weighted by atomic mass is 16.3. The number of fused-ring (bicyclic) bond motifs is 1. The molecule has 1 fully saturated rings. The van der Waals surface area contributed by atoms with E-state index in [9.17, 15) is 9.90 Å². The van der Waals surface area contributed by atoms with E-state index < -0.39 is 0 Å². The van der Waals surface area contributed by atoms with Crippen molar-refractivity contribution in [1.82, 2.24) is 14.8 Å². The van der Waals surface area contributed by atoms with Crippen LogP contribution in [-0.2, 0) is 6.42 Å². The summed E-state index contributed by atoms with van der Waals surface area (Å²) in [6.45, 7) is 5.13. The topological polar surface area (TPSA) is 59.6 Å². The van der Waals surface area contributed by atoms with Crippen molar-refractivity contribution < 1.29 is 9.90 Å². The van der Waals surface area contributed by atoms with Gasteiger partial charge in [-0.3, -0.25) is 4.79 Å². The lowest BCUT2D eigenvalue weighted by atomic mass is 10.0. The van der Waals surface area contributed by atoms with Crippen molar-refractivity contribution in [2.75, 3.05) is 26.2 Å². The molecule has 1 saturated heterocycles. The Morgan fingerprint density at radius 1 is 1.23 bits per heavy atom. The van der Waals surface area contributed by atoms with Crippen LogP contribution in [0.5, 0.6) is 5.75 Å². The summed E-state index contributed by atoms with van der Waals surface area (Å²) in [5.74, 6) is 2.77. The first-order valence-electron chi connectivity index (χ1n) is 10.9. The van der Waals surface area contributed by atoms with Crippen LogP contribution in [0.3, 0.4) is 0 Å². The number of H-pyrrole nitrogens is 1. The minimum Gasteiger partial charge on any atom is -0.508 e. The average Bonchev–Trinajstić information content (AvgIpc) is 3.11. The number of piperidine rings is 1. The lowest BCUT2D eigenvalue weighted by molar-refractivity contribution is 0.0612. The number of carbonyl (C=O) groups excluding carboxylic acids is 1. The SMILES string of the molecule is C#CCN(C(=O)c1c(C)[nH]c2ccc(O)cc12)C1CCN(CCc2ccccc2)CC1. The first-order chi connectivity index (χ1) is 15.1. The Morgan fingerprint density at radius 3 is 2.68 bits per heavy atom. The molecule has 31 heavy (non-hydrogen) atoms. The van der Waals surface area contributed by atoms with Crippen LogP contribution in [0.2, 0.25) is 0 Å². The van der Waals surface area contributed by atoms with Crippen molar-refractivity contribution in [1.29, 1.82) is 0 Å². The van der Waals surface area contributed by atoms with Gasteiger partial charge in [-0.2, -0.15) is 0 Å². The molecule has 1 aliphatic rings. The largest absolute Gasteiger partial charge is 0.508 e. The number of terminal acetylenes is 1. The zero-order valence-corrected chi connectivity index (χ0v) is 18.0. The van der Waals surface area contributed by atoms with Gasteiger partial charge in [-0.25, -0.2) is 0 Å². The number of hydrogen-bond acceptors (Lipinski definition) is 3. The van der Waals surface area contributed by atoms with Crippen molar-refractivity contribution in [3.05, 3.63) is 65.4 Å². The number of hydrogen-bond donors (Lipinski definition) is 2. The molecule has 2 heterocycles. The molecule has 0 unspecified atom stereocenters. The van der Waals surface area contributed by atoms with Gasteiger partial charge in [0.1, 0.15) is 5.75 Å². The fourth-order valence-corrected chi connectivity index (χ4v) is 4.59. The van der Waals surface area contributed by atoms with E-state index in [1.165, 1.54) is 5.56 Å². The summed E-state index contributed by atoms with van der Waals surface area (Å²) >= 11 is 0. The zero-order valence-electron chi connectivity index (χ0n) is 18.0. The number of aromatic hydroxyl groups is 1. The Kier molecular flexibility index (Phi) is 6.29. The lowest BCUT2D eigenvalue weighted by Crippen LogP contribution is -2.48. The highest BCUT2D eigenvalue weighted by molar-refractivity contribution is 6.08. The summed E-state index contributed by atoms with van der Waals surface area (Å²) in [5.41, 5.74) is 3.60. The molecule has 0 atom stereocenters. The van der Waals surface area contributed by atoms with Crippen molar-refractivity contribution in [3.63, 3.8) is 0 Å². The number of phenols is 1. The number of aromatic amines is 1. The molecular weight excluding hydrogens is 386 g/mol. The van der Waals surface area contributed by atoms with E-state index in [0.717, 1.165) is 55.5 Å². The van der Waals surface area contributed by atoms with Gasteiger partial charge in [0.2, 0.25) is 0 Å². The fraction of sp³-hybridized carbons (Fsp3) is 0.346. The van der Waals surface area contributed by atoms with E-state index in [1.54, 1.807) is 18.2 Å². The number of nitrogens with one attached hydrogen (secondary N) is 1. The van der Waals surface area contributed by atoms with Crippen molar-refractivity contribution >= 4 is 16.8 Å². The smallest absolute Gasteiger partial charge is 0.257 e. The second-order valence-corrected chi connectivity index (χ2v) is 8.30. The highest BCUT2D eigenvalue weighted by Crippen LogP contribution is 2.28. The minimum atomic E-state index is -0.0602. The van der Waals surface area contributed by atoms with Crippen molar-refractivity contribution in [2.45, 2.75) is 32.2 Å². The minimum absolute atomic E-state index is 0.0602.